The molecule has 0 saturated heterocycles. The summed E-state index contributed by atoms with van der Waals surface area (Å²) in [5.74, 6) is 0.599. The number of amides is 2. The van der Waals surface area contributed by atoms with Gasteiger partial charge in [0.15, 0.2) is 5.82 Å². The summed E-state index contributed by atoms with van der Waals surface area (Å²) in [6, 6.07) is 2.17. The number of hydrogen-bond acceptors (Lipinski definition) is 5. The molecule has 0 aliphatic heterocycles. The molecule has 2 heterocycles. The summed E-state index contributed by atoms with van der Waals surface area (Å²) >= 11 is 0. The molecule has 29 heavy (non-hydrogen) atoms. The summed E-state index contributed by atoms with van der Waals surface area (Å²) in [4.78, 5) is 24.0. The van der Waals surface area contributed by atoms with Gasteiger partial charge in [0.25, 0.3) is 0 Å². The maximum Gasteiger partial charge on any atom is 0.407 e. The van der Waals surface area contributed by atoms with Crippen molar-refractivity contribution in [1.82, 2.24) is 25.3 Å². The van der Waals surface area contributed by atoms with Crippen LogP contribution in [0.1, 0.15) is 70.2 Å². The van der Waals surface area contributed by atoms with Crippen molar-refractivity contribution in [2.45, 2.75) is 77.5 Å². The molecule has 2 aromatic rings. The number of alkyl carbamates (subject to hydrolysis) is 1. The van der Waals surface area contributed by atoms with Gasteiger partial charge in [0.1, 0.15) is 6.10 Å². The minimum Gasteiger partial charge on any atom is -0.446 e. The van der Waals surface area contributed by atoms with E-state index in [4.69, 9.17) is 4.74 Å². The van der Waals surface area contributed by atoms with Gasteiger partial charge in [-0.15, -0.1) is 0 Å². The second-order valence-electron chi connectivity index (χ2n) is 8.19. The van der Waals surface area contributed by atoms with E-state index < -0.39 is 0 Å². The van der Waals surface area contributed by atoms with Crippen LogP contribution < -0.4 is 10.6 Å². The normalized spacial score (nSPS) is 19.0. The number of anilines is 1. The summed E-state index contributed by atoms with van der Waals surface area (Å²) in [6.45, 7) is 7.87. The number of ether oxygens (including phenoxy) is 1. The zero-order chi connectivity index (χ0) is 21.0. The largest absolute Gasteiger partial charge is 0.446 e. The molecule has 0 aromatic carbocycles. The number of carbonyl (C=O) groups excluding carboxylic acids is 2. The van der Waals surface area contributed by atoms with Crippen LogP contribution in [0.4, 0.5) is 10.6 Å². The fourth-order valence-corrected chi connectivity index (χ4v) is 3.48. The number of carbonyl (C=O) groups is 2. The maximum atomic E-state index is 12.3. The highest BCUT2D eigenvalue weighted by Gasteiger charge is 2.30. The summed E-state index contributed by atoms with van der Waals surface area (Å²) in [7, 11) is 0. The Hall–Kier alpha value is -2.84. The molecule has 1 aliphatic carbocycles. The number of hydrogen-bond donors (Lipinski definition) is 3. The number of aromatic nitrogens is 4. The second kappa shape index (κ2) is 9.11. The topological polar surface area (TPSA) is 114 Å². The standard InChI is InChI=1S/C20H30N6O3/c1-12(2)22-20(28)29-16-6-5-15(8-16)17-9-18(25-24-17)23-19(27)7-14-10-21-26(11-14)13(3)4/h9-13,15-16H,5-8H2,1-4H3,(H,22,28)(H2,23,24,25,27)/t15-,16+/m0/s1. The predicted octanol–water partition coefficient (Wildman–Crippen LogP) is 3.14. The quantitative estimate of drug-likeness (QED) is 0.658. The van der Waals surface area contributed by atoms with Crippen LogP contribution in [-0.4, -0.2) is 44.1 Å². The Morgan fingerprint density at radius 3 is 2.79 bits per heavy atom. The molecule has 158 valence electrons. The molecule has 0 radical (unpaired) electrons. The molecular weight excluding hydrogens is 372 g/mol. The Labute approximate surface area is 170 Å². The van der Waals surface area contributed by atoms with Crippen molar-refractivity contribution >= 4 is 17.8 Å². The monoisotopic (exact) mass is 402 g/mol. The fourth-order valence-electron chi connectivity index (χ4n) is 3.48. The molecule has 0 unspecified atom stereocenters. The smallest absolute Gasteiger partial charge is 0.407 e. The van der Waals surface area contributed by atoms with Gasteiger partial charge in [-0.25, -0.2) is 4.79 Å². The SMILES string of the molecule is CC(C)NC(=O)O[C@@H]1CC[C@H](c2cc(NC(=O)Cc3cnn(C(C)C)c3)n[nH]2)C1. The zero-order valence-electron chi connectivity index (χ0n) is 17.4. The summed E-state index contributed by atoms with van der Waals surface area (Å²) in [5.41, 5.74) is 1.81. The molecule has 9 nitrogen and oxygen atoms in total. The lowest BCUT2D eigenvalue weighted by Gasteiger charge is -2.14. The Morgan fingerprint density at radius 2 is 2.10 bits per heavy atom. The van der Waals surface area contributed by atoms with E-state index in [0.717, 1.165) is 30.5 Å². The van der Waals surface area contributed by atoms with Crippen molar-refractivity contribution in [1.29, 1.82) is 0 Å². The lowest BCUT2D eigenvalue weighted by atomic mass is 10.0. The van der Waals surface area contributed by atoms with E-state index in [1.54, 1.807) is 6.20 Å². The van der Waals surface area contributed by atoms with Crippen LogP contribution in [0, 0.1) is 0 Å². The van der Waals surface area contributed by atoms with Crippen molar-refractivity contribution in [3.05, 3.63) is 29.7 Å². The highest BCUT2D eigenvalue weighted by Crippen LogP contribution is 2.35. The first kappa shape index (κ1) is 20.9. The zero-order valence-corrected chi connectivity index (χ0v) is 17.4. The number of H-pyrrole nitrogens is 1. The third-order valence-electron chi connectivity index (χ3n) is 4.92. The molecule has 1 fully saturated rings. The first-order valence-corrected chi connectivity index (χ1v) is 10.2. The van der Waals surface area contributed by atoms with E-state index in [1.807, 2.05) is 44.6 Å². The van der Waals surface area contributed by atoms with Crippen molar-refractivity contribution in [2.75, 3.05) is 5.32 Å². The van der Waals surface area contributed by atoms with Crippen molar-refractivity contribution in [3.63, 3.8) is 0 Å². The molecule has 9 heteroatoms. The van der Waals surface area contributed by atoms with Gasteiger partial charge in [-0.1, -0.05) is 0 Å². The first-order chi connectivity index (χ1) is 13.8. The van der Waals surface area contributed by atoms with Gasteiger partial charge in [-0.2, -0.15) is 10.2 Å². The Bertz CT molecular complexity index is 841. The Balaban J connectivity index is 1.49. The number of nitrogens with zero attached hydrogens (tertiary/aromatic N) is 3. The van der Waals surface area contributed by atoms with Crippen LogP contribution in [-0.2, 0) is 16.0 Å². The van der Waals surface area contributed by atoms with E-state index in [2.05, 4.69) is 25.9 Å². The maximum absolute atomic E-state index is 12.3. The van der Waals surface area contributed by atoms with E-state index in [-0.39, 0.29) is 42.5 Å². The molecule has 3 rings (SSSR count). The molecule has 0 bridgehead atoms. The number of aromatic amines is 1. The molecule has 2 aromatic heterocycles. The fraction of sp³-hybridized carbons (Fsp3) is 0.600. The molecule has 1 saturated carbocycles. The average Bonchev–Trinajstić information content (AvgIpc) is 3.34. The molecule has 3 N–H and O–H groups in total. The van der Waals surface area contributed by atoms with Crippen molar-refractivity contribution in [3.8, 4) is 0 Å². The molecule has 2 amide bonds. The average molecular weight is 402 g/mol. The van der Waals surface area contributed by atoms with Crippen molar-refractivity contribution < 1.29 is 14.3 Å². The van der Waals surface area contributed by atoms with Crippen LogP contribution >= 0.6 is 0 Å². The van der Waals surface area contributed by atoms with Gasteiger partial charge >= 0.3 is 6.09 Å². The lowest BCUT2D eigenvalue weighted by molar-refractivity contribution is -0.115. The third-order valence-corrected chi connectivity index (χ3v) is 4.92. The van der Waals surface area contributed by atoms with E-state index in [0.29, 0.717) is 5.82 Å². The van der Waals surface area contributed by atoms with Crippen LogP contribution in [0.3, 0.4) is 0 Å². The summed E-state index contributed by atoms with van der Waals surface area (Å²) in [5, 5.41) is 17.0. The Kier molecular flexibility index (Phi) is 6.56. The van der Waals surface area contributed by atoms with Gasteiger partial charge in [0, 0.05) is 36.0 Å². The third kappa shape index (κ3) is 5.82. The number of nitrogens with one attached hydrogen (secondary N) is 3. The molecule has 0 spiro atoms. The molecular formula is C20H30N6O3. The van der Waals surface area contributed by atoms with E-state index >= 15 is 0 Å². The van der Waals surface area contributed by atoms with E-state index in [1.165, 1.54) is 0 Å². The van der Waals surface area contributed by atoms with Crippen molar-refractivity contribution in [2.24, 2.45) is 0 Å². The summed E-state index contributed by atoms with van der Waals surface area (Å²) in [6.07, 6.45) is 5.84. The van der Waals surface area contributed by atoms with Gasteiger partial charge in [-0.3, -0.25) is 14.6 Å². The van der Waals surface area contributed by atoms with Gasteiger partial charge in [-0.05, 0) is 52.5 Å². The van der Waals surface area contributed by atoms with Crippen LogP contribution in [0.5, 0.6) is 0 Å². The van der Waals surface area contributed by atoms with Crippen LogP contribution in [0.25, 0.3) is 0 Å². The molecule has 2 atom stereocenters. The minimum atomic E-state index is -0.371. The van der Waals surface area contributed by atoms with Gasteiger partial charge in [0.2, 0.25) is 5.91 Å². The second-order valence-corrected chi connectivity index (χ2v) is 8.19. The van der Waals surface area contributed by atoms with Gasteiger partial charge < -0.3 is 15.4 Å². The van der Waals surface area contributed by atoms with E-state index in [9.17, 15) is 9.59 Å². The van der Waals surface area contributed by atoms with Gasteiger partial charge in [0.05, 0.1) is 12.6 Å². The highest BCUT2D eigenvalue weighted by molar-refractivity contribution is 5.91. The predicted molar refractivity (Wildman–Crippen MR) is 109 cm³/mol. The minimum absolute atomic E-state index is 0.0539. The highest BCUT2D eigenvalue weighted by atomic mass is 16.6. The summed E-state index contributed by atoms with van der Waals surface area (Å²) < 4.78 is 7.30. The molecule has 1 aliphatic rings. The van der Waals surface area contributed by atoms with Crippen LogP contribution in [0.2, 0.25) is 0 Å². The first-order valence-electron chi connectivity index (χ1n) is 10.2. The lowest BCUT2D eigenvalue weighted by Crippen LogP contribution is -2.33. The number of rotatable bonds is 7. The Morgan fingerprint density at radius 1 is 1.31 bits per heavy atom. The van der Waals surface area contributed by atoms with Crippen LogP contribution in [0.15, 0.2) is 18.5 Å².